The SMILES string of the molecule is C=C(Cl)CNC(=O)C1(C#N)CC(C)C1. The lowest BCUT2D eigenvalue weighted by Gasteiger charge is -2.39. The molecule has 14 heavy (non-hydrogen) atoms. The van der Waals surface area contributed by atoms with Crippen LogP contribution in [0.3, 0.4) is 0 Å². The Bertz CT molecular complexity index is 300. The third kappa shape index (κ3) is 2.08. The van der Waals surface area contributed by atoms with Gasteiger partial charge in [0.15, 0.2) is 0 Å². The van der Waals surface area contributed by atoms with Crippen LogP contribution in [-0.2, 0) is 4.79 Å². The maximum Gasteiger partial charge on any atom is 0.240 e. The second kappa shape index (κ2) is 4.02. The first-order valence-corrected chi connectivity index (χ1v) is 4.91. The number of hydrogen-bond donors (Lipinski definition) is 1. The van der Waals surface area contributed by atoms with Crippen molar-refractivity contribution in [1.82, 2.24) is 5.32 Å². The maximum absolute atomic E-state index is 11.6. The Hall–Kier alpha value is -1.01. The van der Waals surface area contributed by atoms with E-state index < -0.39 is 5.41 Å². The highest BCUT2D eigenvalue weighted by Crippen LogP contribution is 2.44. The lowest BCUT2D eigenvalue weighted by molar-refractivity contribution is -0.133. The number of amides is 1. The second-order valence-corrected chi connectivity index (χ2v) is 4.44. The molecule has 0 aromatic carbocycles. The molecule has 0 saturated heterocycles. The predicted molar refractivity (Wildman–Crippen MR) is 54.4 cm³/mol. The van der Waals surface area contributed by atoms with E-state index in [-0.39, 0.29) is 12.5 Å². The average Bonchev–Trinajstić information content (AvgIpc) is 2.08. The number of hydrogen-bond acceptors (Lipinski definition) is 2. The van der Waals surface area contributed by atoms with E-state index in [2.05, 4.69) is 18.0 Å². The van der Waals surface area contributed by atoms with Crippen LogP contribution < -0.4 is 5.32 Å². The Morgan fingerprint density at radius 1 is 1.79 bits per heavy atom. The first kappa shape index (κ1) is 11.1. The fourth-order valence-corrected chi connectivity index (χ4v) is 1.87. The number of rotatable bonds is 3. The molecule has 0 aromatic heterocycles. The van der Waals surface area contributed by atoms with Gasteiger partial charge in [0.1, 0.15) is 5.41 Å². The van der Waals surface area contributed by atoms with E-state index in [0.717, 1.165) is 0 Å². The first-order chi connectivity index (χ1) is 6.50. The molecule has 1 rings (SSSR count). The summed E-state index contributed by atoms with van der Waals surface area (Å²) in [5.74, 6) is 0.236. The van der Waals surface area contributed by atoms with Crippen LogP contribution in [-0.4, -0.2) is 12.5 Å². The highest BCUT2D eigenvalue weighted by Gasteiger charge is 2.48. The lowest BCUT2D eigenvalue weighted by Crippen LogP contribution is -2.48. The van der Waals surface area contributed by atoms with Crippen LogP contribution in [0.4, 0.5) is 0 Å². The summed E-state index contributed by atoms with van der Waals surface area (Å²) >= 11 is 5.51. The summed E-state index contributed by atoms with van der Waals surface area (Å²) in [5, 5.41) is 11.9. The lowest BCUT2D eigenvalue weighted by atomic mass is 9.63. The van der Waals surface area contributed by atoms with Crippen LogP contribution >= 0.6 is 11.6 Å². The average molecular weight is 213 g/mol. The highest BCUT2D eigenvalue weighted by molar-refractivity contribution is 6.29. The Balaban J connectivity index is 2.51. The molecule has 76 valence electrons. The van der Waals surface area contributed by atoms with E-state index in [0.29, 0.717) is 23.8 Å². The molecule has 1 aliphatic rings. The van der Waals surface area contributed by atoms with Gasteiger partial charge in [0.2, 0.25) is 5.91 Å². The smallest absolute Gasteiger partial charge is 0.240 e. The van der Waals surface area contributed by atoms with Crippen molar-refractivity contribution in [2.45, 2.75) is 19.8 Å². The van der Waals surface area contributed by atoms with E-state index in [9.17, 15) is 4.79 Å². The Morgan fingerprint density at radius 3 is 2.71 bits per heavy atom. The van der Waals surface area contributed by atoms with Crippen molar-refractivity contribution in [2.24, 2.45) is 11.3 Å². The Kier molecular flexibility index (Phi) is 3.17. The van der Waals surface area contributed by atoms with Crippen LogP contribution in [0, 0.1) is 22.7 Å². The quantitative estimate of drug-likeness (QED) is 0.776. The Morgan fingerprint density at radius 2 is 2.36 bits per heavy atom. The minimum absolute atomic E-state index is 0.222. The minimum atomic E-state index is -0.814. The topological polar surface area (TPSA) is 52.9 Å². The number of carbonyl (C=O) groups is 1. The van der Waals surface area contributed by atoms with Crippen LogP contribution in [0.25, 0.3) is 0 Å². The predicted octanol–water partition coefficient (Wildman–Crippen LogP) is 1.79. The molecule has 1 N–H and O–H groups in total. The van der Waals surface area contributed by atoms with Crippen molar-refractivity contribution < 1.29 is 4.79 Å². The third-order valence-corrected chi connectivity index (χ3v) is 2.62. The summed E-state index contributed by atoms with van der Waals surface area (Å²) in [6, 6.07) is 2.08. The zero-order valence-corrected chi connectivity index (χ0v) is 8.90. The summed E-state index contributed by atoms with van der Waals surface area (Å²) in [4.78, 5) is 11.6. The van der Waals surface area contributed by atoms with Gasteiger partial charge in [0, 0.05) is 5.03 Å². The van der Waals surface area contributed by atoms with E-state index >= 15 is 0 Å². The normalized spacial score (nSPS) is 29.9. The molecular formula is C10H13ClN2O. The van der Waals surface area contributed by atoms with Gasteiger partial charge < -0.3 is 5.32 Å². The van der Waals surface area contributed by atoms with Crippen molar-refractivity contribution in [2.75, 3.05) is 6.54 Å². The van der Waals surface area contributed by atoms with Gasteiger partial charge in [-0.05, 0) is 18.8 Å². The molecule has 0 atom stereocenters. The summed E-state index contributed by atoms with van der Waals surface area (Å²) in [5.41, 5.74) is -0.814. The van der Waals surface area contributed by atoms with E-state index in [1.807, 2.05) is 6.92 Å². The van der Waals surface area contributed by atoms with E-state index in [4.69, 9.17) is 16.9 Å². The van der Waals surface area contributed by atoms with Gasteiger partial charge >= 0.3 is 0 Å². The van der Waals surface area contributed by atoms with Crippen molar-refractivity contribution in [3.05, 3.63) is 11.6 Å². The fourth-order valence-electron chi connectivity index (χ4n) is 1.80. The van der Waals surface area contributed by atoms with Crippen LogP contribution in [0.2, 0.25) is 0 Å². The van der Waals surface area contributed by atoms with Crippen molar-refractivity contribution in [3.8, 4) is 6.07 Å². The molecule has 4 heteroatoms. The number of nitriles is 1. The molecule has 0 radical (unpaired) electrons. The molecule has 0 unspecified atom stereocenters. The van der Waals surface area contributed by atoms with E-state index in [1.165, 1.54) is 0 Å². The minimum Gasteiger partial charge on any atom is -0.350 e. The zero-order chi connectivity index (χ0) is 10.8. The van der Waals surface area contributed by atoms with Gasteiger partial charge in [-0.1, -0.05) is 25.1 Å². The van der Waals surface area contributed by atoms with Crippen LogP contribution in [0.5, 0.6) is 0 Å². The van der Waals surface area contributed by atoms with Crippen LogP contribution in [0.1, 0.15) is 19.8 Å². The molecule has 0 aromatic rings. The monoisotopic (exact) mass is 212 g/mol. The standard InChI is InChI=1S/C10H13ClN2O/c1-7-3-10(4-7,6-12)9(14)13-5-8(2)11/h7H,2-5H2,1H3,(H,13,14). The van der Waals surface area contributed by atoms with Gasteiger partial charge in [0.05, 0.1) is 12.6 Å². The van der Waals surface area contributed by atoms with Crippen molar-refractivity contribution >= 4 is 17.5 Å². The van der Waals surface area contributed by atoms with Gasteiger partial charge in [-0.3, -0.25) is 4.79 Å². The van der Waals surface area contributed by atoms with Crippen molar-refractivity contribution in [1.29, 1.82) is 5.26 Å². The van der Waals surface area contributed by atoms with Gasteiger partial charge in [-0.15, -0.1) is 0 Å². The maximum atomic E-state index is 11.6. The molecule has 0 bridgehead atoms. The van der Waals surface area contributed by atoms with Gasteiger partial charge in [-0.25, -0.2) is 0 Å². The number of halogens is 1. The highest BCUT2D eigenvalue weighted by atomic mass is 35.5. The zero-order valence-electron chi connectivity index (χ0n) is 8.14. The number of nitrogens with one attached hydrogen (secondary N) is 1. The molecule has 1 fully saturated rings. The molecule has 3 nitrogen and oxygen atoms in total. The summed E-state index contributed by atoms with van der Waals surface area (Å²) < 4.78 is 0. The molecular weight excluding hydrogens is 200 g/mol. The largest absolute Gasteiger partial charge is 0.350 e. The molecule has 0 spiro atoms. The second-order valence-electron chi connectivity index (χ2n) is 3.91. The summed E-state index contributed by atoms with van der Waals surface area (Å²) in [7, 11) is 0. The summed E-state index contributed by atoms with van der Waals surface area (Å²) in [6.45, 7) is 5.73. The first-order valence-electron chi connectivity index (χ1n) is 4.53. The van der Waals surface area contributed by atoms with Gasteiger partial charge in [0.25, 0.3) is 0 Å². The molecule has 0 aliphatic heterocycles. The Labute approximate surface area is 88.7 Å². The van der Waals surface area contributed by atoms with Crippen molar-refractivity contribution in [3.63, 3.8) is 0 Å². The molecule has 1 saturated carbocycles. The number of carbonyl (C=O) groups excluding carboxylic acids is 1. The molecule has 1 amide bonds. The van der Waals surface area contributed by atoms with E-state index in [1.54, 1.807) is 0 Å². The molecule has 1 aliphatic carbocycles. The van der Waals surface area contributed by atoms with Crippen LogP contribution in [0.15, 0.2) is 11.6 Å². The van der Waals surface area contributed by atoms with Gasteiger partial charge in [-0.2, -0.15) is 5.26 Å². The molecule has 0 heterocycles. The number of nitrogens with zero attached hydrogens (tertiary/aromatic N) is 1. The third-order valence-electron chi connectivity index (χ3n) is 2.48. The fraction of sp³-hybridized carbons (Fsp3) is 0.600. The summed E-state index contributed by atoms with van der Waals surface area (Å²) in [6.07, 6.45) is 1.29.